The second kappa shape index (κ2) is 8.97. The average Bonchev–Trinajstić information content (AvgIpc) is 3.26. The summed E-state index contributed by atoms with van der Waals surface area (Å²) in [5.74, 6) is 1.04. The number of benzene rings is 1. The van der Waals surface area contributed by atoms with Crippen LogP contribution in [0.5, 0.6) is 5.75 Å². The van der Waals surface area contributed by atoms with Crippen molar-refractivity contribution in [1.82, 2.24) is 24.6 Å². The van der Waals surface area contributed by atoms with Crippen molar-refractivity contribution in [1.29, 1.82) is 0 Å². The van der Waals surface area contributed by atoms with Gasteiger partial charge in [-0.15, -0.1) is 0 Å². The molecule has 3 heterocycles. The van der Waals surface area contributed by atoms with E-state index in [1.165, 1.54) is 18.2 Å². The van der Waals surface area contributed by atoms with E-state index >= 15 is 0 Å². The molecule has 1 N–H and O–H groups in total. The number of fused-ring (bicyclic) bond motifs is 2. The van der Waals surface area contributed by atoms with Crippen molar-refractivity contribution < 1.29 is 14.3 Å². The van der Waals surface area contributed by atoms with Crippen molar-refractivity contribution in [2.45, 2.75) is 44.7 Å². The minimum absolute atomic E-state index is 0.0923. The quantitative estimate of drug-likeness (QED) is 0.591. The van der Waals surface area contributed by atoms with Crippen molar-refractivity contribution in [3.63, 3.8) is 0 Å². The van der Waals surface area contributed by atoms with E-state index in [2.05, 4.69) is 39.5 Å². The van der Waals surface area contributed by atoms with Gasteiger partial charge in [0.2, 0.25) is 5.95 Å². The van der Waals surface area contributed by atoms with Gasteiger partial charge in [-0.25, -0.2) is 9.67 Å². The lowest BCUT2D eigenvalue weighted by atomic mass is 9.86. The van der Waals surface area contributed by atoms with Gasteiger partial charge in [-0.1, -0.05) is 6.42 Å². The van der Waals surface area contributed by atoms with Crippen molar-refractivity contribution in [2.24, 2.45) is 5.92 Å². The highest BCUT2D eigenvalue weighted by atomic mass is 16.5. The summed E-state index contributed by atoms with van der Waals surface area (Å²) in [5.41, 5.74) is 4.22. The standard InChI is InChI=1S/C24H30N6O3/c1-29-8-7-15-11-21(32-2)20(10-17(15)14-29)27-24-25-12-18-13-26-30(22(18)28-24)19-6-4-5-16(9-19)23(31)33-3/h10-13,16,19H,4-9,14H2,1-3H3,(H,25,27,28). The second-order valence-electron chi connectivity index (χ2n) is 9.04. The van der Waals surface area contributed by atoms with Crippen LogP contribution >= 0.6 is 0 Å². The van der Waals surface area contributed by atoms with Gasteiger partial charge in [0.25, 0.3) is 0 Å². The normalized spacial score (nSPS) is 20.9. The average molecular weight is 451 g/mol. The number of methoxy groups -OCH3 is 2. The number of carbonyl (C=O) groups excluding carboxylic acids is 1. The molecular weight excluding hydrogens is 420 g/mol. The number of aromatic nitrogens is 4. The van der Waals surface area contributed by atoms with E-state index in [4.69, 9.17) is 14.5 Å². The third-order valence-electron chi connectivity index (χ3n) is 6.83. The summed E-state index contributed by atoms with van der Waals surface area (Å²) in [6, 6.07) is 4.36. The van der Waals surface area contributed by atoms with Crippen molar-refractivity contribution in [2.75, 3.05) is 33.1 Å². The number of esters is 1. The lowest BCUT2D eigenvalue weighted by Gasteiger charge is -2.28. The Morgan fingerprint density at radius 3 is 2.88 bits per heavy atom. The van der Waals surface area contributed by atoms with Gasteiger partial charge in [0.15, 0.2) is 5.65 Å². The van der Waals surface area contributed by atoms with E-state index in [1.807, 2.05) is 4.68 Å². The Morgan fingerprint density at radius 1 is 1.18 bits per heavy atom. The summed E-state index contributed by atoms with van der Waals surface area (Å²) in [5, 5.41) is 8.82. The maximum absolute atomic E-state index is 12.1. The molecule has 3 aromatic rings. The topological polar surface area (TPSA) is 94.4 Å². The lowest BCUT2D eigenvalue weighted by molar-refractivity contribution is -0.147. The zero-order valence-electron chi connectivity index (χ0n) is 19.4. The van der Waals surface area contributed by atoms with Gasteiger partial charge in [0.05, 0.1) is 43.4 Å². The van der Waals surface area contributed by atoms with Crippen LogP contribution in [-0.2, 0) is 22.5 Å². The predicted octanol–water partition coefficient (Wildman–Crippen LogP) is 3.47. The van der Waals surface area contributed by atoms with Crippen LogP contribution < -0.4 is 10.1 Å². The number of likely N-dealkylation sites (N-methyl/N-ethyl adjacent to an activating group) is 1. The van der Waals surface area contributed by atoms with Crippen molar-refractivity contribution in [3.05, 3.63) is 35.7 Å². The number of nitrogens with zero attached hydrogens (tertiary/aromatic N) is 5. The largest absolute Gasteiger partial charge is 0.495 e. The Morgan fingerprint density at radius 2 is 2.06 bits per heavy atom. The molecule has 2 aromatic heterocycles. The zero-order chi connectivity index (χ0) is 22.9. The third kappa shape index (κ3) is 4.25. The van der Waals surface area contributed by atoms with Crippen LogP contribution in [0.25, 0.3) is 11.0 Å². The first-order chi connectivity index (χ1) is 16.1. The summed E-state index contributed by atoms with van der Waals surface area (Å²) < 4.78 is 12.6. The van der Waals surface area contributed by atoms with Crippen LogP contribution in [0.15, 0.2) is 24.5 Å². The molecule has 9 nitrogen and oxygen atoms in total. The van der Waals surface area contributed by atoms with E-state index in [1.54, 1.807) is 19.5 Å². The Labute approximate surface area is 193 Å². The molecule has 1 aromatic carbocycles. The van der Waals surface area contributed by atoms with E-state index in [-0.39, 0.29) is 17.9 Å². The molecule has 0 bridgehead atoms. The Hall–Kier alpha value is -3.20. The van der Waals surface area contributed by atoms with Gasteiger partial charge in [0, 0.05) is 19.3 Å². The molecule has 5 rings (SSSR count). The van der Waals surface area contributed by atoms with Crippen LogP contribution in [0.1, 0.15) is 42.9 Å². The Bertz CT molecular complexity index is 1180. The van der Waals surface area contributed by atoms with E-state index < -0.39 is 0 Å². The van der Waals surface area contributed by atoms with Gasteiger partial charge in [0.1, 0.15) is 5.75 Å². The van der Waals surface area contributed by atoms with Crippen LogP contribution in [0.2, 0.25) is 0 Å². The molecule has 174 valence electrons. The molecule has 9 heteroatoms. The second-order valence-corrected chi connectivity index (χ2v) is 9.04. The minimum atomic E-state index is -0.140. The van der Waals surface area contributed by atoms with E-state index in [0.717, 1.165) is 61.2 Å². The number of nitrogens with one attached hydrogen (secondary N) is 1. The van der Waals surface area contributed by atoms with E-state index in [9.17, 15) is 4.79 Å². The number of anilines is 2. The van der Waals surface area contributed by atoms with Crippen molar-refractivity contribution >= 4 is 28.6 Å². The van der Waals surface area contributed by atoms with Gasteiger partial charge in [-0.05, 0) is 56.0 Å². The molecule has 1 aliphatic carbocycles. The molecule has 1 aliphatic heterocycles. The number of ether oxygens (including phenoxy) is 2. The zero-order valence-corrected chi connectivity index (χ0v) is 19.4. The molecule has 2 atom stereocenters. The SMILES string of the molecule is COC(=O)C1CCCC(n2ncc3cnc(Nc4cc5c(cc4OC)CCN(C)C5)nc32)C1. The summed E-state index contributed by atoms with van der Waals surface area (Å²) in [6.45, 7) is 1.95. The Kier molecular flexibility index (Phi) is 5.88. The number of rotatable bonds is 5. The molecule has 0 radical (unpaired) electrons. The first kappa shape index (κ1) is 21.6. The summed E-state index contributed by atoms with van der Waals surface area (Å²) in [4.78, 5) is 23.7. The summed E-state index contributed by atoms with van der Waals surface area (Å²) in [7, 11) is 5.27. The molecule has 0 spiro atoms. The molecule has 0 saturated heterocycles. The molecule has 0 amide bonds. The summed E-state index contributed by atoms with van der Waals surface area (Å²) >= 11 is 0. The minimum Gasteiger partial charge on any atom is -0.495 e. The lowest BCUT2D eigenvalue weighted by Crippen LogP contribution is -2.26. The Balaban J connectivity index is 1.44. The smallest absolute Gasteiger partial charge is 0.308 e. The maximum atomic E-state index is 12.1. The van der Waals surface area contributed by atoms with Gasteiger partial charge in [-0.3, -0.25) is 4.79 Å². The molecule has 2 aliphatic rings. The first-order valence-corrected chi connectivity index (χ1v) is 11.5. The highest BCUT2D eigenvalue weighted by Gasteiger charge is 2.30. The molecular formula is C24H30N6O3. The number of carbonyl (C=O) groups is 1. The fraction of sp³-hybridized carbons (Fsp3) is 0.500. The maximum Gasteiger partial charge on any atom is 0.308 e. The highest BCUT2D eigenvalue weighted by molar-refractivity contribution is 5.76. The van der Waals surface area contributed by atoms with Gasteiger partial charge < -0.3 is 19.7 Å². The van der Waals surface area contributed by atoms with E-state index in [0.29, 0.717) is 12.4 Å². The van der Waals surface area contributed by atoms with Gasteiger partial charge >= 0.3 is 5.97 Å². The molecule has 1 fully saturated rings. The fourth-order valence-electron chi connectivity index (χ4n) is 5.04. The fourth-order valence-corrected chi connectivity index (χ4v) is 5.04. The molecule has 1 saturated carbocycles. The summed E-state index contributed by atoms with van der Waals surface area (Å²) in [6.07, 6.45) is 8.08. The van der Waals surface area contributed by atoms with Crippen LogP contribution in [0.4, 0.5) is 11.6 Å². The van der Waals surface area contributed by atoms with Crippen LogP contribution in [0.3, 0.4) is 0 Å². The third-order valence-corrected chi connectivity index (χ3v) is 6.83. The highest BCUT2D eigenvalue weighted by Crippen LogP contribution is 2.35. The first-order valence-electron chi connectivity index (χ1n) is 11.5. The number of hydrogen-bond acceptors (Lipinski definition) is 8. The molecule has 2 unspecified atom stereocenters. The monoisotopic (exact) mass is 450 g/mol. The van der Waals surface area contributed by atoms with Crippen molar-refractivity contribution in [3.8, 4) is 5.75 Å². The molecule has 33 heavy (non-hydrogen) atoms. The van der Waals surface area contributed by atoms with Crippen LogP contribution in [-0.4, -0.2) is 58.4 Å². The van der Waals surface area contributed by atoms with Gasteiger partial charge in [-0.2, -0.15) is 10.1 Å². The predicted molar refractivity (Wildman–Crippen MR) is 125 cm³/mol. The number of hydrogen-bond donors (Lipinski definition) is 1. The van der Waals surface area contributed by atoms with Crippen LogP contribution in [0, 0.1) is 5.92 Å².